The summed E-state index contributed by atoms with van der Waals surface area (Å²) < 4.78 is 1.08. The van der Waals surface area contributed by atoms with Crippen LogP contribution in [0.1, 0.15) is 16.4 Å². The predicted octanol–water partition coefficient (Wildman–Crippen LogP) is 0.186. The van der Waals surface area contributed by atoms with Gasteiger partial charge in [-0.2, -0.15) is 0 Å². The molecule has 6 nitrogen and oxygen atoms in total. The summed E-state index contributed by atoms with van der Waals surface area (Å²) in [6, 6.07) is 9.78. The van der Waals surface area contributed by atoms with Crippen molar-refractivity contribution < 1.29 is 14.5 Å². The number of nitrogens with zero attached hydrogens (tertiary/aromatic N) is 1. The summed E-state index contributed by atoms with van der Waals surface area (Å²) in [4.78, 5) is 38.9. The average molecular weight is 363 g/mol. The monoisotopic (exact) mass is 362 g/mol. The molecule has 0 unspecified atom stereocenters. The lowest BCUT2D eigenvalue weighted by molar-refractivity contribution is -0.856. The molecule has 132 valence electrons. The van der Waals surface area contributed by atoms with Crippen molar-refractivity contribution in [1.29, 1.82) is 0 Å². The first-order valence-electron chi connectivity index (χ1n) is 7.94. The summed E-state index contributed by atoms with van der Waals surface area (Å²) in [5.41, 5.74) is -0.111. The molecule has 1 amide bonds. The summed E-state index contributed by atoms with van der Waals surface area (Å²) in [5, 5.41) is 3.00. The quantitative estimate of drug-likeness (QED) is 0.545. The van der Waals surface area contributed by atoms with Gasteiger partial charge in [0.25, 0.3) is 11.5 Å². The van der Waals surface area contributed by atoms with E-state index in [4.69, 9.17) is 11.6 Å². The van der Waals surface area contributed by atoms with E-state index in [9.17, 15) is 14.4 Å². The van der Waals surface area contributed by atoms with Crippen molar-refractivity contribution in [3.63, 3.8) is 0 Å². The number of carbonyl (C=O) groups excluding carboxylic acids is 2. The molecule has 1 atom stereocenters. The van der Waals surface area contributed by atoms with Gasteiger partial charge in [0.05, 0.1) is 32.2 Å². The SMILES string of the molecule is C[NH+](C)CCNC(=O)[C@@H](C(=O)c1ccccc1)n1cc(Cl)ccc1=O. The van der Waals surface area contributed by atoms with Gasteiger partial charge >= 0.3 is 0 Å². The van der Waals surface area contributed by atoms with Gasteiger partial charge in [0, 0.05) is 17.8 Å². The Morgan fingerprint density at radius 3 is 2.48 bits per heavy atom. The summed E-state index contributed by atoms with van der Waals surface area (Å²) >= 11 is 5.96. The Morgan fingerprint density at radius 1 is 1.16 bits per heavy atom. The van der Waals surface area contributed by atoms with E-state index < -0.39 is 23.3 Å². The number of hydrogen-bond acceptors (Lipinski definition) is 3. The molecule has 0 saturated heterocycles. The van der Waals surface area contributed by atoms with Crippen molar-refractivity contribution in [1.82, 2.24) is 9.88 Å². The lowest BCUT2D eigenvalue weighted by Gasteiger charge is -2.19. The molecule has 0 aliphatic heterocycles. The molecule has 0 radical (unpaired) electrons. The first kappa shape index (κ1) is 18.9. The summed E-state index contributed by atoms with van der Waals surface area (Å²) in [5.74, 6) is -0.987. The molecule has 0 fully saturated rings. The maximum Gasteiger partial charge on any atom is 0.251 e. The van der Waals surface area contributed by atoms with Crippen LogP contribution in [0.4, 0.5) is 0 Å². The second kappa shape index (κ2) is 8.60. The van der Waals surface area contributed by atoms with E-state index in [0.717, 1.165) is 9.47 Å². The fourth-order valence-corrected chi connectivity index (χ4v) is 2.51. The highest BCUT2D eigenvalue weighted by Gasteiger charge is 2.30. The normalized spacial score (nSPS) is 12.0. The van der Waals surface area contributed by atoms with Crippen molar-refractivity contribution in [2.75, 3.05) is 27.2 Å². The molecule has 1 heterocycles. The number of hydrogen-bond donors (Lipinski definition) is 2. The lowest BCUT2D eigenvalue weighted by atomic mass is 10.0. The standard InChI is InChI=1S/C18H20ClN3O3/c1-21(2)11-10-20-18(25)16(17(24)13-6-4-3-5-7-13)22-12-14(19)8-9-15(22)23/h3-9,12,16H,10-11H2,1-2H3,(H,20,25)/p+1/t16-/m1/s1. The van der Waals surface area contributed by atoms with E-state index in [-0.39, 0.29) is 5.02 Å². The van der Waals surface area contributed by atoms with Gasteiger partial charge in [0.15, 0.2) is 11.8 Å². The van der Waals surface area contributed by atoms with E-state index >= 15 is 0 Å². The number of halogens is 1. The first-order chi connectivity index (χ1) is 11.9. The van der Waals surface area contributed by atoms with Crippen LogP contribution < -0.4 is 15.8 Å². The van der Waals surface area contributed by atoms with Crippen LogP contribution in [0.5, 0.6) is 0 Å². The second-order valence-corrected chi connectivity index (χ2v) is 6.41. The molecule has 0 spiro atoms. The first-order valence-corrected chi connectivity index (χ1v) is 8.31. The molecule has 25 heavy (non-hydrogen) atoms. The number of ketones is 1. The minimum atomic E-state index is -1.30. The van der Waals surface area contributed by atoms with Gasteiger partial charge in [-0.25, -0.2) is 0 Å². The van der Waals surface area contributed by atoms with E-state index in [0.29, 0.717) is 18.7 Å². The van der Waals surface area contributed by atoms with Gasteiger partial charge in [-0.05, 0) is 6.07 Å². The fraction of sp³-hybridized carbons (Fsp3) is 0.278. The molecule has 2 aromatic rings. The van der Waals surface area contributed by atoms with Crippen molar-refractivity contribution >= 4 is 23.3 Å². The number of pyridine rings is 1. The molecule has 2 rings (SSSR count). The number of Topliss-reactive ketones (excluding diaryl/α,β-unsaturated/α-hetero) is 1. The molecule has 2 N–H and O–H groups in total. The highest BCUT2D eigenvalue weighted by molar-refractivity contribution is 6.30. The zero-order valence-electron chi connectivity index (χ0n) is 14.2. The van der Waals surface area contributed by atoms with Crippen molar-refractivity contribution in [3.05, 3.63) is 69.6 Å². The smallest absolute Gasteiger partial charge is 0.251 e. The van der Waals surface area contributed by atoms with Crippen LogP contribution in [0.25, 0.3) is 0 Å². The summed E-state index contributed by atoms with van der Waals surface area (Å²) in [6.45, 7) is 1.09. The molecule has 1 aromatic carbocycles. The Morgan fingerprint density at radius 2 is 1.84 bits per heavy atom. The Labute approximate surface area is 151 Å². The highest BCUT2D eigenvalue weighted by Crippen LogP contribution is 2.15. The number of carbonyl (C=O) groups is 2. The molecular formula is C18H21ClN3O3+. The van der Waals surface area contributed by atoms with Crippen LogP contribution in [0.2, 0.25) is 5.02 Å². The van der Waals surface area contributed by atoms with E-state index in [1.807, 2.05) is 14.1 Å². The van der Waals surface area contributed by atoms with E-state index in [2.05, 4.69) is 5.32 Å². The Bertz CT molecular complexity index is 803. The topological polar surface area (TPSA) is 72.6 Å². The minimum absolute atomic E-state index is 0.274. The lowest BCUT2D eigenvalue weighted by Crippen LogP contribution is -3.06. The van der Waals surface area contributed by atoms with Crippen molar-refractivity contribution in [2.45, 2.75) is 6.04 Å². The largest absolute Gasteiger partial charge is 0.348 e. The Balaban J connectivity index is 2.37. The van der Waals surface area contributed by atoms with Gasteiger partial charge in [0.2, 0.25) is 0 Å². The fourth-order valence-electron chi connectivity index (χ4n) is 2.34. The van der Waals surface area contributed by atoms with Crippen LogP contribution in [0.15, 0.2) is 53.5 Å². The number of amides is 1. The molecular weight excluding hydrogens is 342 g/mol. The third kappa shape index (κ3) is 5.01. The predicted molar refractivity (Wildman–Crippen MR) is 96.2 cm³/mol. The summed E-state index contributed by atoms with van der Waals surface area (Å²) in [7, 11) is 3.92. The van der Waals surface area contributed by atoms with Gasteiger partial charge in [0.1, 0.15) is 0 Å². The summed E-state index contributed by atoms with van der Waals surface area (Å²) in [6.07, 6.45) is 1.31. The molecule has 0 bridgehead atoms. The number of quaternary nitrogens is 1. The zero-order valence-corrected chi connectivity index (χ0v) is 14.9. The van der Waals surface area contributed by atoms with Crippen LogP contribution in [0, 0.1) is 0 Å². The molecule has 0 saturated carbocycles. The average Bonchev–Trinajstić information content (AvgIpc) is 2.58. The number of rotatable bonds is 7. The van der Waals surface area contributed by atoms with Crippen molar-refractivity contribution in [3.8, 4) is 0 Å². The van der Waals surface area contributed by atoms with Crippen LogP contribution in [-0.2, 0) is 4.79 Å². The Hall–Kier alpha value is -2.44. The van der Waals surface area contributed by atoms with Crippen molar-refractivity contribution in [2.24, 2.45) is 0 Å². The third-order valence-corrected chi connectivity index (χ3v) is 3.88. The van der Waals surface area contributed by atoms with Gasteiger partial charge < -0.3 is 10.2 Å². The number of nitrogens with one attached hydrogen (secondary N) is 2. The van der Waals surface area contributed by atoms with Crippen LogP contribution in [-0.4, -0.2) is 43.4 Å². The Kier molecular flexibility index (Phi) is 6.50. The van der Waals surface area contributed by atoms with Crippen LogP contribution in [0.3, 0.4) is 0 Å². The van der Waals surface area contributed by atoms with Crippen LogP contribution >= 0.6 is 11.6 Å². The molecule has 0 aliphatic carbocycles. The molecule has 1 aromatic heterocycles. The molecule has 7 heteroatoms. The molecule has 0 aliphatic rings. The second-order valence-electron chi connectivity index (χ2n) is 5.97. The number of likely N-dealkylation sites (N-methyl/N-ethyl adjacent to an activating group) is 1. The van der Waals surface area contributed by atoms with Gasteiger partial charge in [-0.15, -0.1) is 0 Å². The number of benzene rings is 1. The third-order valence-electron chi connectivity index (χ3n) is 3.66. The highest BCUT2D eigenvalue weighted by atomic mass is 35.5. The maximum atomic E-state index is 12.9. The van der Waals surface area contributed by atoms with E-state index in [1.165, 1.54) is 18.3 Å². The minimum Gasteiger partial charge on any atom is -0.348 e. The van der Waals surface area contributed by atoms with E-state index in [1.54, 1.807) is 30.3 Å². The van der Waals surface area contributed by atoms with Gasteiger partial charge in [-0.3, -0.25) is 19.0 Å². The van der Waals surface area contributed by atoms with Gasteiger partial charge in [-0.1, -0.05) is 41.9 Å². The zero-order chi connectivity index (χ0) is 18.4. The maximum absolute atomic E-state index is 12.9. The number of aromatic nitrogens is 1.